The second kappa shape index (κ2) is 5.85. The lowest BCUT2D eigenvalue weighted by atomic mass is 9.82. The van der Waals surface area contributed by atoms with Gasteiger partial charge in [-0.25, -0.2) is 0 Å². The van der Waals surface area contributed by atoms with Gasteiger partial charge in [-0.05, 0) is 49.3 Å². The Balaban J connectivity index is 1.82. The van der Waals surface area contributed by atoms with Crippen LogP contribution >= 0.6 is 0 Å². The van der Waals surface area contributed by atoms with Crippen molar-refractivity contribution in [3.05, 3.63) is 35.4 Å². The number of rotatable bonds is 5. The van der Waals surface area contributed by atoms with E-state index < -0.39 is 0 Å². The minimum absolute atomic E-state index is 0.0440. The molecular formula is C16H25NO. The van der Waals surface area contributed by atoms with E-state index in [0.717, 1.165) is 19.4 Å². The average Bonchev–Trinajstić information content (AvgIpc) is 2.33. The predicted molar refractivity (Wildman–Crippen MR) is 75.7 cm³/mol. The Morgan fingerprint density at radius 3 is 2.17 bits per heavy atom. The van der Waals surface area contributed by atoms with Crippen LogP contribution < -0.4 is 5.32 Å². The summed E-state index contributed by atoms with van der Waals surface area (Å²) in [6.07, 6.45) is 1.88. The molecule has 0 bridgehead atoms. The highest BCUT2D eigenvalue weighted by molar-refractivity contribution is 5.26. The van der Waals surface area contributed by atoms with Crippen LogP contribution in [0.3, 0.4) is 0 Å². The fourth-order valence-corrected chi connectivity index (χ4v) is 2.50. The second-order valence-corrected chi connectivity index (χ2v) is 5.94. The molecule has 1 aliphatic carbocycles. The van der Waals surface area contributed by atoms with Gasteiger partial charge < -0.3 is 10.4 Å². The lowest BCUT2D eigenvalue weighted by molar-refractivity contribution is 0.0420. The van der Waals surface area contributed by atoms with Gasteiger partial charge in [-0.15, -0.1) is 0 Å². The zero-order valence-electron chi connectivity index (χ0n) is 11.7. The summed E-state index contributed by atoms with van der Waals surface area (Å²) in [6, 6.07) is 9.30. The van der Waals surface area contributed by atoms with E-state index in [1.807, 2.05) is 0 Å². The van der Waals surface area contributed by atoms with E-state index in [2.05, 4.69) is 50.4 Å². The zero-order chi connectivity index (χ0) is 13.1. The minimum Gasteiger partial charge on any atom is -0.393 e. The Kier molecular flexibility index (Phi) is 4.41. The monoisotopic (exact) mass is 247 g/mol. The Bertz CT molecular complexity index is 365. The molecule has 0 aromatic heterocycles. The first-order chi connectivity index (χ1) is 8.56. The number of nitrogens with one attached hydrogen (secondary N) is 1. The molecule has 18 heavy (non-hydrogen) atoms. The molecule has 0 aliphatic heterocycles. The van der Waals surface area contributed by atoms with Gasteiger partial charge in [0.2, 0.25) is 0 Å². The molecule has 1 aromatic rings. The van der Waals surface area contributed by atoms with Crippen molar-refractivity contribution in [2.24, 2.45) is 5.92 Å². The topological polar surface area (TPSA) is 32.3 Å². The number of aliphatic hydroxyl groups excluding tert-OH is 1. The first-order valence-corrected chi connectivity index (χ1v) is 7.07. The molecule has 1 aliphatic rings. The molecule has 1 saturated carbocycles. The van der Waals surface area contributed by atoms with Crippen molar-refractivity contribution in [3.63, 3.8) is 0 Å². The smallest absolute Gasteiger partial charge is 0.0546 e. The summed E-state index contributed by atoms with van der Waals surface area (Å²) in [5.74, 6) is 1.26. The first kappa shape index (κ1) is 13.6. The van der Waals surface area contributed by atoms with Crippen LogP contribution in [0.2, 0.25) is 0 Å². The van der Waals surface area contributed by atoms with Crippen LogP contribution in [0.1, 0.15) is 56.7 Å². The lowest BCUT2D eigenvalue weighted by Crippen LogP contribution is -2.36. The van der Waals surface area contributed by atoms with Gasteiger partial charge in [0.25, 0.3) is 0 Å². The van der Waals surface area contributed by atoms with E-state index in [9.17, 15) is 5.11 Å². The van der Waals surface area contributed by atoms with Gasteiger partial charge in [0.1, 0.15) is 0 Å². The predicted octanol–water partition coefficient (Wildman–Crippen LogP) is 3.23. The Morgan fingerprint density at radius 1 is 1.11 bits per heavy atom. The first-order valence-electron chi connectivity index (χ1n) is 7.07. The fraction of sp³-hybridized carbons (Fsp3) is 0.625. The molecule has 1 unspecified atom stereocenters. The highest BCUT2D eigenvalue weighted by Gasteiger charge is 2.26. The molecular weight excluding hydrogens is 222 g/mol. The van der Waals surface area contributed by atoms with Crippen molar-refractivity contribution in [1.29, 1.82) is 0 Å². The number of hydrogen-bond acceptors (Lipinski definition) is 2. The molecule has 0 saturated heterocycles. The summed E-state index contributed by atoms with van der Waals surface area (Å²) in [5.41, 5.74) is 2.74. The van der Waals surface area contributed by atoms with E-state index in [0.29, 0.717) is 17.9 Å². The third-order valence-electron chi connectivity index (χ3n) is 4.03. The normalized spacial score (nSPS) is 24.9. The molecule has 1 atom stereocenters. The van der Waals surface area contributed by atoms with Gasteiger partial charge in [-0.2, -0.15) is 0 Å². The standard InChI is InChI=1S/C16H25NO/c1-11(2)14-4-6-15(7-5-14)12(3)17-10-13-8-16(18)9-13/h4-7,11-13,16-18H,8-10H2,1-3H3. The van der Waals surface area contributed by atoms with E-state index in [4.69, 9.17) is 0 Å². The molecule has 100 valence electrons. The van der Waals surface area contributed by atoms with E-state index in [1.54, 1.807) is 0 Å². The van der Waals surface area contributed by atoms with Gasteiger partial charge >= 0.3 is 0 Å². The van der Waals surface area contributed by atoms with Gasteiger partial charge in [-0.1, -0.05) is 38.1 Å². The van der Waals surface area contributed by atoms with E-state index in [-0.39, 0.29) is 6.10 Å². The summed E-state index contributed by atoms with van der Waals surface area (Å²) >= 11 is 0. The van der Waals surface area contributed by atoms with Gasteiger partial charge in [0.05, 0.1) is 6.10 Å². The Hall–Kier alpha value is -0.860. The number of aliphatic hydroxyl groups is 1. The summed E-state index contributed by atoms with van der Waals surface area (Å²) < 4.78 is 0. The van der Waals surface area contributed by atoms with Crippen molar-refractivity contribution in [3.8, 4) is 0 Å². The molecule has 0 spiro atoms. The van der Waals surface area contributed by atoms with Gasteiger partial charge in [0.15, 0.2) is 0 Å². The van der Waals surface area contributed by atoms with Crippen LogP contribution in [0, 0.1) is 5.92 Å². The molecule has 0 amide bonds. The third-order valence-corrected chi connectivity index (χ3v) is 4.03. The Morgan fingerprint density at radius 2 is 1.67 bits per heavy atom. The molecule has 2 nitrogen and oxygen atoms in total. The van der Waals surface area contributed by atoms with Crippen LogP contribution in [0.5, 0.6) is 0 Å². The maximum atomic E-state index is 9.26. The van der Waals surface area contributed by atoms with Crippen molar-refractivity contribution < 1.29 is 5.11 Å². The summed E-state index contributed by atoms with van der Waals surface area (Å²) in [6.45, 7) is 7.67. The zero-order valence-corrected chi connectivity index (χ0v) is 11.7. The van der Waals surface area contributed by atoms with Crippen molar-refractivity contribution >= 4 is 0 Å². The maximum absolute atomic E-state index is 9.26. The molecule has 1 fully saturated rings. The van der Waals surface area contributed by atoms with Crippen molar-refractivity contribution in [2.75, 3.05) is 6.54 Å². The number of benzene rings is 1. The van der Waals surface area contributed by atoms with Gasteiger partial charge in [0, 0.05) is 6.04 Å². The number of hydrogen-bond donors (Lipinski definition) is 2. The summed E-state index contributed by atoms with van der Waals surface area (Å²) in [5, 5.41) is 12.8. The summed E-state index contributed by atoms with van der Waals surface area (Å²) in [4.78, 5) is 0. The molecule has 0 heterocycles. The van der Waals surface area contributed by atoms with Crippen LogP contribution in [0.25, 0.3) is 0 Å². The molecule has 2 rings (SSSR count). The van der Waals surface area contributed by atoms with Crippen LogP contribution in [0.4, 0.5) is 0 Å². The van der Waals surface area contributed by atoms with Crippen LogP contribution in [0.15, 0.2) is 24.3 Å². The highest BCUT2D eigenvalue weighted by atomic mass is 16.3. The van der Waals surface area contributed by atoms with Crippen LogP contribution in [-0.4, -0.2) is 17.8 Å². The van der Waals surface area contributed by atoms with Gasteiger partial charge in [-0.3, -0.25) is 0 Å². The molecule has 0 radical (unpaired) electrons. The van der Waals surface area contributed by atoms with E-state index >= 15 is 0 Å². The molecule has 2 N–H and O–H groups in total. The summed E-state index contributed by atoms with van der Waals surface area (Å²) in [7, 11) is 0. The third kappa shape index (κ3) is 3.33. The highest BCUT2D eigenvalue weighted by Crippen LogP contribution is 2.27. The SMILES string of the molecule is CC(C)c1ccc(C(C)NCC2CC(O)C2)cc1. The molecule has 1 aromatic carbocycles. The lowest BCUT2D eigenvalue weighted by Gasteiger charge is -2.32. The second-order valence-electron chi connectivity index (χ2n) is 5.94. The molecule has 2 heteroatoms. The van der Waals surface area contributed by atoms with E-state index in [1.165, 1.54) is 11.1 Å². The fourth-order valence-electron chi connectivity index (χ4n) is 2.50. The van der Waals surface area contributed by atoms with Crippen molar-refractivity contribution in [2.45, 2.75) is 51.7 Å². The maximum Gasteiger partial charge on any atom is 0.0546 e. The minimum atomic E-state index is -0.0440. The largest absolute Gasteiger partial charge is 0.393 e. The quantitative estimate of drug-likeness (QED) is 0.837. The van der Waals surface area contributed by atoms with Crippen LogP contribution in [-0.2, 0) is 0 Å². The Labute approximate surface area is 110 Å². The van der Waals surface area contributed by atoms with Crippen molar-refractivity contribution in [1.82, 2.24) is 5.32 Å². The average molecular weight is 247 g/mol.